The zero-order chi connectivity index (χ0) is 26.6. The molecule has 0 saturated heterocycles. The topological polar surface area (TPSA) is 73.2 Å². The summed E-state index contributed by atoms with van der Waals surface area (Å²) in [7, 11) is 1.32. The Morgan fingerprint density at radius 3 is 2.37 bits per heavy atom. The number of aryl methyl sites for hydroxylation is 1. The lowest BCUT2D eigenvalue weighted by Gasteiger charge is -2.13. The highest BCUT2D eigenvalue weighted by atomic mass is 16.5. The Bertz CT molecular complexity index is 1680. The first-order valence-corrected chi connectivity index (χ1v) is 12.3. The highest BCUT2D eigenvalue weighted by Crippen LogP contribution is 2.27. The molecule has 5 rings (SSSR count). The van der Waals surface area contributed by atoms with E-state index in [4.69, 9.17) is 4.74 Å². The minimum Gasteiger partial charge on any atom is -0.465 e. The summed E-state index contributed by atoms with van der Waals surface area (Å²) < 4.78 is 6.81. The lowest BCUT2D eigenvalue weighted by atomic mass is 10.0. The van der Waals surface area contributed by atoms with Gasteiger partial charge in [0.2, 0.25) is 5.91 Å². The van der Waals surface area contributed by atoms with Gasteiger partial charge in [0.25, 0.3) is 0 Å². The van der Waals surface area contributed by atoms with Crippen molar-refractivity contribution in [1.29, 1.82) is 0 Å². The molecule has 0 aliphatic carbocycles. The van der Waals surface area contributed by atoms with Gasteiger partial charge in [0.1, 0.15) is 0 Å². The van der Waals surface area contributed by atoms with Crippen LogP contribution in [0.15, 0.2) is 103 Å². The third-order valence-corrected chi connectivity index (χ3v) is 6.36. The Kier molecular flexibility index (Phi) is 6.87. The van der Waals surface area contributed by atoms with Gasteiger partial charge in [-0.05, 0) is 66.1 Å². The van der Waals surface area contributed by atoms with E-state index in [0.717, 1.165) is 38.9 Å². The maximum Gasteiger partial charge on any atom is 0.340 e. The standard InChI is InChI=1S/C32H27N3O3/c1-21(25-14-13-23-9-7-8-12-26(23)19-25)17-31(36)33-29-16-15-27(20-28(29)32(37)38-3)35-30(18-22(2)34-35)24-10-5-4-6-11-24/h4-20H,1-3H3,(H,33,36)/b21-17-. The number of allylic oxidation sites excluding steroid dienone is 1. The Morgan fingerprint density at radius 2 is 1.61 bits per heavy atom. The second-order valence-electron chi connectivity index (χ2n) is 9.05. The van der Waals surface area contributed by atoms with Crippen LogP contribution in [0.3, 0.4) is 0 Å². The zero-order valence-corrected chi connectivity index (χ0v) is 21.4. The Morgan fingerprint density at radius 1 is 0.868 bits per heavy atom. The van der Waals surface area contributed by atoms with Crippen molar-refractivity contribution in [3.05, 3.63) is 120 Å². The lowest BCUT2D eigenvalue weighted by molar-refractivity contribution is -0.111. The fourth-order valence-corrected chi connectivity index (χ4v) is 4.45. The number of esters is 1. The van der Waals surface area contributed by atoms with Gasteiger partial charge < -0.3 is 10.1 Å². The molecule has 1 aromatic heterocycles. The van der Waals surface area contributed by atoms with E-state index in [0.29, 0.717) is 11.4 Å². The van der Waals surface area contributed by atoms with Crippen molar-refractivity contribution in [2.75, 3.05) is 12.4 Å². The number of hydrogen-bond acceptors (Lipinski definition) is 4. The molecule has 1 N–H and O–H groups in total. The van der Waals surface area contributed by atoms with Crippen molar-refractivity contribution in [1.82, 2.24) is 9.78 Å². The van der Waals surface area contributed by atoms with E-state index in [-0.39, 0.29) is 11.5 Å². The molecule has 0 bridgehead atoms. The van der Waals surface area contributed by atoms with Crippen molar-refractivity contribution in [3.63, 3.8) is 0 Å². The summed E-state index contributed by atoms with van der Waals surface area (Å²) in [6.07, 6.45) is 1.53. The van der Waals surface area contributed by atoms with Crippen LogP contribution in [0.25, 0.3) is 33.3 Å². The number of nitrogens with zero attached hydrogens (tertiary/aromatic N) is 2. The molecule has 4 aromatic carbocycles. The normalized spacial score (nSPS) is 11.4. The molecule has 38 heavy (non-hydrogen) atoms. The monoisotopic (exact) mass is 501 g/mol. The van der Waals surface area contributed by atoms with Crippen molar-refractivity contribution in [2.24, 2.45) is 0 Å². The maximum atomic E-state index is 13.0. The molecule has 1 amide bonds. The van der Waals surface area contributed by atoms with Crippen molar-refractivity contribution < 1.29 is 14.3 Å². The minimum absolute atomic E-state index is 0.238. The van der Waals surface area contributed by atoms with E-state index in [1.165, 1.54) is 13.2 Å². The predicted octanol–water partition coefficient (Wildman–Crippen LogP) is 6.83. The molecule has 188 valence electrons. The zero-order valence-electron chi connectivity index (χ0n) is 21.4. The highest BCUT2D eigenvalue weighted by Gasteiger charge is 2.17. The summed E-state index contributed by atoms with van der Waals surface area (Å²) in [6, 6.07) is 31.3. The number of hydrogen-bond donors (Lipinski definition) is 1. The molecular weight excluding hydrogens is 474 g/mol. The van der Waals surface area contributed by atoms with Crippen molar-refractivity contribution >= 4 is 33.9 Å². The smallest absolute Gasteiger partial charge is 0.340 e. The molecule has 0 spiro atoms. The maximum absolute atomic E-state index is 13.0. The van der Waals surface area contributed by atoms with Gasteiger partial charge in [-0.3, -0.25) is 4.79 Å². The molecule has 6 nitrogen and oxygen atoms in total. The molecule has 0 unspecified atom stereocenters. The van der Waals surface area contributed by atoms with Gasteiger partial charge in [0.05, 0.1) is 35.4 Å². The average Bonchev–Trinajstić information content (AvgIpc) is 3.34. The van der Waals surface area contributed by atoms with E-state index in [2.05, 4.69) is 22.5 Å². The number of amides is 1. The number of ether oxygens (including phenoxy) is 1. The summed E-state index contributed by atoms with van der Waals surface area (Å²) >= 11 is 0. The Labute approximate surface area is 221 Å². The molecule has 6 heteroatoms. The number of nitrogens with one attached hydrogen (secondary N) is 1. The SMILES string of the molecule is COC(=O)c1cc(-n2nc(C)cc2-c2ccccc2)ccc1NC(=O)/C=C(/C)c1ccc2ccccc2c1. The predicted molar refractivity (Wildman–Crippen MR) is 151 cm³/mol. The van der Waals surface area contributed by atoms with Gasteiger partial charge in [0, 0.05) is 11.6 Å². The number of methoxy groups -OCH3 is 1. The Balaban J connectivity index is 1.45. The first kappa shape index (κ1) is 24.7. The van der Waals surface area contributed by atoms with Gasteiger partial charge in [-0.15, -0.1) is 0 Å². The van der Waals surface area contributed by atoms with Crippen LogP contribution in [-0.2, 0) is 9.53 Å². The van der Waals surface area contributed by atoms with E-state index in [9.17, 15) is 9.59 Å². The van der Waals surface area contributed by atoms with E-state index in [1.54, 1.807) is 16.8 Å². The quantitative estimate of drug-likeness (QED) is 0.204. The van der Waals surface area contributed by atoms with Crippen LogP contribution in [0.2, 0.25) is 0 Å². The summed E-state index contributed by atoms with van der Waals surface area (Å²) in [6.45, 7) is 3.81. The summed E-state index contributed by atoms with van der Waals surface area (Å²) in [5.74, 6) is -0.893. The number of carbonyl (C=O) groups excluding carboxylic acids is 2. The molecule has 1 heterocycles. The van der Waals surface area contributed by atoms with Crippen molar-refractivity contribution in [2.45, 2.75) is 13.8 Å². The van der Waals surface area contributed by atoms with Gasteiger partial charge in [0.15, 0.2) is 0 Å². The lowest BCUT2D eigenvalue weighted by Crippen LogP contribution is -2.14. The summed E-state index contributed by atoms with van der Waals surface area (Å²) in [5.41, 5.74) is 5.77. The Hall–Kier alpha value is -4.97. The first-order chi connectivity index (χ1) is 18.4. The molecule has 0 aliphatic heterocycles. The first-order valence-electron chi connectivity index (χ1n) is 12.3. The molecule has 0 radical (unpaired) electrons. The van der Waals surface area contributed by atoms with Gasteiger partial charge in [-0.1, -0.05) is 66.7 Å². The van der Waals surface area contributed by atoms with Crippen LogP contribution in [-0.4, -0.2) is 28.8 Å². The van der Waals surface area contributed by atoms with Gasteiger partial charge in [-0.2, -0.15) is 5.10 Å². The fourth-order valence-electron chi connectivity index (χ4n) is 4.45. The molecule has 0 fully saturated rings. The number of carbonyl (C=O) groups is 2. The fraction of sp³-hybridized carbons (Fsp3) is 0.0938. The van der Waals surface area contributed by atoms with E-state index in [1.807, 2.05) is 86.6 Å². The average molecular weight is 502 g/mol. The minimum atomic E-state index is -0.553. The van der Waals surface area contributed by atoms with Crippen LogP contribution in [0.4, 0.5) is 5.69 Å². The molecule has 5 aromatic rings. The number of rotatable bonds is 6. The molecular formula is C32H27N3O3. The summed E-state index contributed by atoms with van der Waals surface area (Å²) in [4.78, 5) is 25.7. The van der Waals surface area contributed by atoms with Crippen molar-refractivity contribution in [3.8, 4) is 16.9 Å². The largest absolute Gasteiger partial charge is 0.465 e. The van der Waals surface area contributed by atoms with Crippen LogP contribution in [0, 0.1) is 6.92 Å². The second-order valence-corrected chi connectivity index (χ2v) is 9.05. The molecule has 0 atom stereocenters. The van der Waals surface area contributed by atoms with E-state index < -0.39 is 5.97 Å². The number of fused-ring (bicyclic) bond motifs is 1. The van der Waals surface area contributed by atoms with Gasteiger partial charge in [-0.25, -0.2) is 9.48 Å². The summed E-state index contributed by atoms with van der Waals surface area (Å²) in [5, 5.41) is 9.72. The number of anilines is 1. The highest BCUT2D eigenvalue weighted by molar-refractivity contribution is 6.08. The number of benzene rings is 4. The van der Waals surface area contributed by atoms with Crippen LogP contribution in [0.5, 0.6) is 0 Å². The van der Waals surface area contributed by atoms with E-state index >= 15 is 0 Å². The second kappa shape index (κ2) is 10.6. The third-order valence-electron chi connectivity index (χ3n) is 6.36. The van der Waals surface area contributed by atoms with Crippen LogP contribution in [0.1, 0.15) is 28.5 Å². The van der Waals surface area contributed by atoms with Crippen LogP contribution < -0.4 is 5.32 Å². The third kappa shape index (κ3) is 5.11. The number of aromatic nitrogens is 2. The molecule has 0 saturated carbocycles. The van der Waals surface area contributed by atoms with Crippen LogP contribution >= 0.6 is 0 Å². The van der Waals surface area contributed by atoms with Gasteiger partial charge >= 0.3 is 5.97 Å². The molecule has 0 aliphatic rings.